The Hall–Kier alpha value is -3.15. The maximum atomic E-state index is 12.7. The smallest absolute Gasteiger partial charge is 0.255 e. The lowest BCUT2D eigenvalue weighted by atomic mass is 9.95. The fourth-order valence-corrected chi connectivity index (χ4v) is 4.66. The van der Waals surface area contributed by atoms with Gasteiger partial charge in [-0.05, 0) is 61.7 Å². The van der Waals surface area contributed by atoms with Crippen molar-refractivity contribution in [2.45, 2.75) is 50.0 Å². The molecule has 1 saturated carbocycles. The van der Waals surface area contributed by atoms with Gasteiger partial charge in [0.05, 0.1) is 11.4 Å². The van der Waals surface area contributed by atoms with Gasteiger partial charge >= 0.3 is 0 Å². The van der Waals surface area contributed by atoms with Gasteiger partial charge in [0.25, 0.3) is 11.8 Å². The standard InChI is InChI=1S/C24H27N3O4S/c1-3-14-25-32(30,31)21-11-7-8-18(16-21)24(29)27-22-13-12-19(15-17(22)2)23(28)26-20-9-5-4-6-10-20/h1,7-8,11-13,15-16,20,25H,4-6,9-10,14H2,2H3,(H,26,28)(H,27,29). The van der Waals surface area contributed by atoms with Crippen LogP contribution in [-0.4, -0.2) is 32.8 Å². The van der Waals surface area contributed by atoms with E-state index in [1.807, 2.05) is 0 Å². The third kappa shape index (κ3) is 5.96. The lowest BCUT2D eigenvalue weighted by Gasteiger charge is -2.23. The van der Waals surface area contributed by atoms with E-state index >= 15 is 0 Å². The van der Waals surface area contributed by atoms with Crippen LogP contribution in [-0.2, 0) is 10.0 Å². The van der Waals surface area contributed by atoms with Crippen molar-refractivity contribution < 1.29 is 18.0 Å². The third-order valence-electron chi connectivity index (χ3n) is 5.45. The molecule has 0 radical (unpaired) electrons. The molecule has 1 aliphatic carbocycles. The molecule has 3 N–H and O–H groups in total. The molecule has 3 rings (SSSR count). The second-order valence-electron chi connectivity index (χ2n) is 7.85. The molecule has 168 valence electrons. The molecule has 0 atom stereocenters. The summed E-state index contributed by atoms with van der Waals surface area (Å²) < 4.78 is 26.8. The molecule has 7 nitrogen and oxygen atoms in total. The Balaban J connectivity index is 1.69. The molecule has 0 aromatic heterocycles. The fourth-order valence-electron chi connectivity index (χ4n) is 3.68. The zero-order chi connectivity index (χ0) is 23.1. The Morgan fingerprint density at radius 2 is 1.75 bits per heavy atom. The van der Waals surface area contributed by atoms with Gasteiger partial charge in [0.2, 0.25) is 10.0 Å². The van der Waals surface area contributed by atoms with Crippen molar-refractivity contribution >= 4 is 27.5 Å². The predicted molar refractivity (Wildman–Crippen MR) is 124 cm³/mol. The predicted octanol–water partition coefficient (Wildman–Crippen LogP) is 3.22. The number of sulfonamides is 1. The molecular weight excluding hydrogens is 426 g/mol. The number of anilines is 1. The van der Waals surface area contributed by atoms with Gasteiger partial charge in [-0.15, -0.1) is 6.42 Å². The Kier molecular flexibility index (Phi) is 7.67. The van der Waals surface area contributed by atoms with Crippen LogP contribution in [0.2, 0.25) is 0 Å². The van der Waals surface area contributed by atoms with E-state index in [1.54, 1.807) is 25.1 Å². The van der Waals surface area contributed by atoms with E-state index < -0.39 is 15.9 Å². The Morgan fingerprint density at radius 3 is 2.44 bits per heavy atom. The normalized spacial score (nSPS) is 14.4. The highest BCUT2D eigenvalue weighted by Crippen LogP contribution is 2.21. The SMILES string of the molecule is C#CCNS(=O)(=O)c1cccc(C(=O)Nc2ccc(C(=O)NC3CCCCC3)cc2C)c1. The summed E-state index contributed by atoms with van der Waals surface area (Å²) >= 11 is 0. The summed E-state index contributed by atoms with van der Waals surface area (Å²) in [6.07, 6.45) is 10.6. The molecule has 32 heavy (non-hydrogen) atoms. The first-order valence-corrected chi connectivity index (χ1v) is 12.0. The van der Waals surface area contributed by atoms with Gasteiger partial charge in [-0.25, -0.2) is 8.42 Å². The third-order valence-corrected chi connectivity index (χ3v) is 6.85. The van der Waals surface area contributed by atoms with Crippen LogP contribution in [0.5, 0.6) is 0 Å². The number of nitrogens with one attached hydrogen (secondary N) is 3. The summed E-state index contributed by atoms with van der Waals surface area (Å²) in [5.41, 5.74) is 2.00. The first-order chi connectivity index (χ1) is 15.3. The maximum absolute atomic E-state index is 12.7. The number of amides is 2. The topological polar surface area (TPSA) is 104 Å². The molecule has 0 unspecified atom stereocenters. The van der Waals surface area contributed by atoms with Gasteiger partial charge in [0.15, 0.2) is 0 Å². The molecule has 8 heteroatoms. The van der Waals surface area contributed by atoms with Crippen LogP contribution in [0.4, 0.5) is 5.69 Å². The van der Waals surface area contributed by atoms with Gasteiger partial charge in [-0.3, -0.25) is 9.59 Å². The summed E-state index contributed by atoms with van der Waals surface area (Å²) in [6, 6.07) is 11.0. The zero-order valence-corrected chi connectivity index (χ0v) is 18.8. The minimum Gasteiger partial charge on any atom is -0.349 e. The monoisotopic (exact) mass is 453 g/mol. The van der Waals surface area contributed by atoms with Gasteiger partial charge in [-0.1, -0.05) is 31.2 Å². The van der Waals surface area contributed by atoms with E-state index in [1.165, 1.54) is 30.7 Å². The molecule has 1 aliphatic rings. The van der Waals surface area contributed by atoms with Crippen molar-refractivity contribution in [3.63, 3.8) is 0 Å². The number of hydrogen-bond donors (Lipinski definition) is 3. The van der Waals surface area contributed by atoms with Crippen molar-refractivity contribution in [2.75, 3.05) is 11.9 Å². The number of carbonyl (C=O) groups is 2. The molecule has 0 saturated heterocycles. The van der Waals surface area contributed by atoms with E-state index in [9.17, 15) is 18.0 Å². The number of rotatable bonds is 7. The average Bonchev–Trinajstić information content (AvgIpc) is 2.79. The molecule has 2 aromatic rings. The highest BCUT2D eigenvalue weighted by Gasteiger charge is 2.18. The Labute approximate surface area is 189 Å². The Bertz CT molecular complexity index is 1150. The van der Waals surface area contributed by atoms with E-state index in [0.717, 1.165) is 31.2 Å². The van der Waals surface area contributed by atoms with Gasteiger partial charge in [0.1, 0.15) is 0 Å². The highest BCUT2D eigenvalue weighted by atomic mass is 32.2. The molecule has 0 bridgehead atoms. The van der Waals surface area contributed by atoms with Gasteiger partial charge in [0, 0.05) is 22.9 Å². The number of carbonyl (C=O) groups excluding carboxylic acids is 2. The molecule has 1 fully saturated rings. The maximum Gasteiger partial charge on any atom is 0.255 e. The van der Waals surface area contributed by atoms with Crippen LogP contribution in [0.3, 0.4) is 0 Å². The molecule has 2 aromatic carbocycles. The molecule has 0 spiro atoms. The first-order valence-electron chi connectivity index (χ1n) is 10.6. The van der Waals surface area contributed by atoms with Crippen molar-refractivity contribution in [2.24, 2.45) is 0 Å². The zero-order valence-electron chi connectivity index (χ0n) is 18.0. The van der Waals surface area contributed by atoms with E-state index in [4.69, 9.17) is 6.42 Å². The van der Waals surface area contributed by atoms with Crippen molar-refractivity contribution in [1.29, 1.82) is 0 Å². The van der Waals surface area contributed by atoms with E-state index in [2.05, 4.69) is 21.3 Å². The number of aryl methyl sites for hydroxylation is 1. The van der Waals surface area contributed by atoms with Crippen molar-refractivity contribution in [1.82, 2.24) is 10.0 Å². The number of benzene rings is 2. The molecular formula is C24H27N3O4S. The molecule has 0 heterocycles. The van der Waals surface area contributed by atoms with Gasteiger partial charge < -0.3 is 10.6 Å². The van der Waals surface area contributed by atoms with Crippen LogP contribution in [0, 0.1) is 19.3 Å². The fraction of sp³-hybridized carbons (Fsp3) is 0.333. The largest absolute Gasteiger partial charge is 0.349 e. The summed E-state index contributed by atoms with van der Waals surface area (Å²) in [4.78, 5) is 25.2. The van der Waals surface area contributed by atoms with Gasteiger partial charge in [-0.2, -0.15) is 4.72 Å². The Morgan fingerprint density at radius 1 is 1.03 bits per heavy atom. The average molecular weight is 454 g/mol. The summed E-state index contributed by atoms with van der Waals surface area (Å²) in [5.74, 6) is 1.63. The lowest BCUT2D eigenvalue weighted by Crippen LogP contribution is -2.36. The number of hydrogen-bond acceptors (Lipinski definition) is 4. The first kappa shape index (κ1) is 23.5. The summed E-state index contributed by atoms with van der Waals surface area (Å²) in [7, 11) is -3.80. The van der Waals surface area contributed by atoms with Crippen LogP contribution < -0.4 is 15.4 Å². The molecule has 2 amide bonds. The van der Waals surface area contributed by atoms with Crippen molar-refractivity contribution in [3.8, 4) is 12.3 Å². The number of terminal acetylenes is 1. The lowest BCUT2D eigenvalue weighted by molar-refractivity contribution is 0.0927. The van der Waals surface area contributed by atoms with E-state index in [0.29, 0.717) is 11.3 Å². The quantitative estimate of drug-likeness (QED) is 0.560. The summed E-state index contributed by atoms with van der Waals surface area (Å²) in [6.45, 7) is 1.66. The van der Waals surface area contributed by atoms with E-state index in [-0.39, 0.29) is 29.0 Å². The van der Waals surface area contributed by atoms with Crippen LogP contribution in [0.25, 0.3) is 0 Å². The minimum absolute atomic E-state index is 0.0492. The van der Waals surface area contributed by atoms with Crippen molar-refractivity contribution in [3.05, 3.63) is 59.2 Å². The minimum atomic E-state index is -3.80. The second kappa shape index (κ2) is 10.4. The van der Waals surface area contributed by atoms with Crippen LogP contribution >= 0.6 is 0 Å². The van der Waals surface area contributed by atoms with Crippen LogP contribution in [0.15, 0.2) is 47.4 Å². The summed E-state index contributed by atoms with van der Waals surface area (Å²) in [5, 5.41) is 5.86. The second-order valence-corrected chi connectivity index (χ2v) is 9.62. The molecule has 0 aliphatic heterocycles. The van der Waals surface area contributed by atoms with Crippen LogP contribution in [0.1, 0.15) is 58.4 Å². The highest BCUT2D eigenvalue weighted by molar-refractivity contribution is 7.89.